The Morgan fingerprint density at radius 2 is 1.68 bits per heavy atom. The summed E-state index contributed by atoms with van der Waals surface area (Å²) < 4.78 is 30.9. The van der Waals surface area contributed by atoms with Crippen LogP contribution in [-0.4, -0.2) is 20.8 Å². The molecule has 31 heavy (non-hydrogen) atoms. The highest BCUT2D eigenvalue weighted by Gasteiger charge is 2.12. The number of ether oxygens (including phenoxy) is 3. The van der Waals surface area contributed by atoms with Gasteiger partial charge in [0.25, 0.3) is 0 Å². The Balaban J connectivity index is 1.60. The largest absolute Gasteiger partial charge is 0.496 e. The number of benzene rings is 3. The van der Waals surface area contributed by atoms with Gasteiger partial charge >= 0.3 is 0 Å². The number of rotatable bonds is 10. The van der Waals surface area contributed by atoms with Gasteiger partial charge in [-0.1, -0.05) is 51.8 Å². The Morgan fingerprint density at radius 1 is 0.903 bits per heavy atom. The molecule has 0 bridgehead atoms. The molecule has 0 heterocycles. The molecule has 0 amide bonds. The minimum absolute atomic E-state index is 0.207. The van der Waals surface area contributed by atoms with E-state index in [1.165, 1.54) is 12.1 Å². The Hall–Kier alpha value is -2.28. The molecule has 0 fully saturated rings. The predicted molar refractivity (Wildman–Crippen MR) is 125 cm³/mol. The van der Waals surface area contributed by atoms with Crippen LogP contribution in [0.3, 0.4) is 0 Å². The minimum Gasteiger partial charge on any atom is -0.496 e. The first kappa shape index (κ1) is 23.4. The van der Waals surface area contributed by atoms with Gasteiger partial charge in [0, 0.05) is 16.6 Å². The van der Waals surface area contributed by atoms with Crippen molar-refractivity contribution in [2.24, 2.45) is 0 Å². The lowest BCUT2D eigenvalue weighted by Crippen LogP contribution is -2.17. The van der Waals surface area contributed by atoms with Crippen LogP contribution in [0.4, 0.5) is 4.39 Å². The maximum atomic E-state index is 13.2. The van der Waals surface area contributed by atoms with Gasteiger partial charge in [-0.2, -0.15) is 0 Å². The molecule has 164 valence electrons. The van der Waals surface area contributed by atoms with Crippen LogP contribution in [0.1, 0.15) is 16.7 Å². The van der Waals surface area contributed by atoms with Crippen molar-refractivity contribution in [1.29, 1.82) is 0 Å². The van der Waals surface area contributed by atoms with Gasteiger partial charge in [0.05, 0.1) is 19.2 Å². The topological polar surface area (TPSA) is 39.7 Å². The summed E-state index contributed by atoms with van der Waals surface area (Å²) in [5, 5.41) is 3.78. The summed E-state index contributed by atoms with van der Waals surface area (Å²) >= 11 is 9.69. The molecule has 0 spiro atoms. The lowest BCUT2D eigenvalue weighted by atomic mass is 10.1. The maximum absolute atomic E-state index is 13.2. The zero-order valence-corrected chi connectivity index (χ0v) is 19.7. The molecular formula is C24H24BrClFNO3. The lowest BCUT2D eigenvalue weighted by molar-refractivity contribution is 0.284. The van der Waals surface area contributed by atoms with Gasteiger partial charge in [0.15, 0.2) is 11.5 Å². The van der Waals surface area contributed by atoms with Gasteiger partial charge in [-0.05, 0) is 54.4 Å². The average Bonchev–Trinajstić information content (AvgIpc) is 2.77. The highest BCUT2D eigenvalue weighted by Crippen LogP contribution is 2.34. The summed E-state index contributed by atoms with van der Waals surface area (Å²) in [4.78, 5) is 0. The number of hydrogen-bond donors (Lipinski definition) is 1. The van der Waals surface area contributed by atoms with Crippen LogP contribution in [0.2, 0.25) is 5.02 Å². The molecule has 0 aliphatic rings. The summed E-state index contributed by atoms with van der Waals surface area (Å²) in [7, 11) is 3.28. The van der Waals surface area contributed by atoms with Gasteiger partial charge in [0.2, 0.25) is 0 Å². The van der Waals surface area contributed by atoms with Gasteiger partial charge in [-0.15, -0.1) is 0 Å². The van der Waals surface area contributed by atoms with E-state index >= 15 is 0 Å². The van der Waals surface area contributed by atoms with E-state index in [0.717, 1.165) is 34.3 Å². The number of halogens is 3. The monoisotopic (exact) mass is 507 g/mol. The third-order valence-corrected chi connectivity index (χ3v) is 5.90. The van der Waals surface area contributed by atoms with E-state index in [1.807, 2.05) is 30.3 Å². The fourth-order valence-electron chi connectivity index (χ4n) is 3.13. The lowest BCUT2D eigenvalue weighted by Gasteiger charge is -2.15. The van der Waals surface area contributed by atoms with Crippen molar-refractivity contribution in [3.8, 4) is 17.2 Å². The molecule has 0 unspecified atom stereocenters. The molecule has 7 heteroatoms. The average molecular weight is 509 g/mol. The highest BCUT2D eigenvalue weighted by atomic mass is 79.9. The summed E-state index contributed by atoms with van der Waals surface area (Å²) in [5.41, 5.74) is 2.91. The minimum atomic E-state index is -0.378. The quantitative estimate of drug-likeness (QED) is 0.333. The van der Waals surface area contributed by atoms with Crippen LogP contribution >= 0.6 is 27.5 Å². The highest BCUT2D eigenvalue weighted by molar-refractivity contribution is 9.10. The first-order chi connectivity index (χ1) is 15.0. The Labute approximate surface area is 195 Å². The van der Waals surface area contributed by atoms with E-state index in [4.69, 9.17) is 25.8 Å². The fraction of sp³-hybridized carbons (Fsp3) is 0.250. The van der Waals surface area contributed by atoms with Crippen LogP contribution in [-0.2, 0) is 19.6 Å². The SMILES string of the molecule is COc1ccccc1CCNCc1cc(OC)c(OCc2ccc(F)cc2Cl)cc1Br. The smallest absolute Gasteiger partial charge is 0.162 e. The first-order valence-corrected chi connectivity index (χ1v) is 10.9. The van der Waals surface area contributed by atoms with Crippen molar-refractivity contribution >= 4 is 27.5 Å². The van der Waals surface area contributed by atoms with Crippen molar-refractivity contribution in [1.82, 2.24) is 5.32 Å². The van der Waals surface area contributed by atoms with Crippen molar-refractivity contribution in [3.05, 3.63) is 86.6 Å². The second-order valence-corrected chi connectivity index (χ2v) is 8.12. The molecule has 0 aliphatic carbocycles. The summed E-state index contributed by atoms with van der Waals surface area (Å²) in [6.45, 7) is 1.67. The molecule has 1 N–H and O–H groups in total. The third kappa shape index (κ3) is 6.35. The second-order valence-electron chi connectivity index (χ2n) is 6.86. The molecular weight excluding hydrogens is 485 g/mol. The van der Waals surface area contributed by atoms with E-state index in [-0.39, 0.29) is 12.4 Å². The number of para-hydroxylation sites is 1. The molecule has 3 aromatic rings. The zero-order chi connectivity index (χ0) is 22.2. The normalized spacial score (nSPS) is 10.7. The van der Waals surface area contributed by atoms with Crippen LogP contribution in [0.5, 0.6) is 17.2 Å². The standard InChI is InChI=1S/C24H24BrClFNO3/c1-29-22-6-4-3-5-16(22)9-10-28-14-18-11-23(30-2)24(13-20(18)25)31-15-17-7-8-19(27)12-21(17)26/h3-8,11-13,28H,9-10,14-15H2,1-2H3. The molecule has 4 nitrogen and oxygen atoms in total. The Kier molecular flexibility index (Phi) is 8.58. The van der Waals surface area contributed by atoms with Crippen LogP contribution < -0.4 is 19.5 Å². The zero-order valence-electron chi connectivity index (χ0n) is 17.4. The van der Waals surface area contributed by atoms with Crippen LogP contribution in [0.15, 0.2) is 59.1 Å². The Bertz CT molecular complexity index is 1030. The van der Waals surface area contributed by atoms with Crippen molar-refractivity contribution < 1.29 is 18.6 Å². The van der Waals surface area contributed by atoms with Gasteiger partial charge < -0.3 is 19.5 Å². The van der Waals surface area contributed by atoms with Gasteiger partial charge in [-0.25, -0.2) is 4.39 Å². The summed E-state index contributed by atoms with van der Waals surface area (Å²) in [6, 6.07) is 16.1. The maximum Gasteiger partial charge on any atom is 0.162 e. The molecule has 3 rings (SSSR count). The number of hydrogen-bond acceptors (Lipinski definition) is 4. The molecule has 0 atom stereocenters. The van der Waals surface area contributed by atoms with Gasteiger partial charge in [-0.3, -0.25) is 0 Å². The first-order valence-electron chi connectivity index (χ1n) is 9.77. The Morgan fingerprint density at radius 3 is 2.42 bits per heavy atom. The van der Waals surface area contributed by atoms with Gasteiger partial charge in [0.1, 0.15) is 18.2 Å². The third-order valence-electron chi connectivity index (χ3n) is 4.81. The second kappa shape index (κ2) is 11.4. The van der Waals surface area contributed by atoms with E-state index < -0.39 is 0 Å². The molecule has 0 saturated carbocycles. The summed E-state index contributed by atoms with van der Waals surface area (Å²) in [6.07, 6.45) is 0.860. The molecule has 0 radical (unpaired) electrons. The molecule has 0 saturated heterocycles. The van der Waals surface area contributed by atoms with Crippen LogP contribution in [0, 0.1) is 5.82 Å². The number of methoxy groups -OCH3 is 2. The molecule has 3 aromatic carbocycles. The molecule has 0 aromatic heterocycles. The predicted octanol–water partition coefficient (Wildman–Crippen LogP) is 6.17. The summed E-state index contributed by atoms with van der Waals surface area (Å²) in [5.74, 6) is 1.71. The fourth-order valence-corrected chi connectivity index (χ4v) is 3.82. The number of nitrogens with one attached hydrogen (secondary N) is 1. The van der Waals surface area contributed by atoms with Crippen LogP contribution in [0.25, 0.3) is 0 Å². The van der Waals surface area contributed by atoms with Crippen molar-refractivity contribution in [2.75, 3.05) is 20.8 Å². The van der Waals surface area contributed by atoms with Crippen molar-refractivity contribution in [2.45, 2.75) is 19.6 Å². The van der Waals surface area contributed by atoms with E-state index in [0.29, 0.717) is 28.6 Å². The van der Waals surface area contributed by atoms with Crippen molar-refractivity contribution in [3.63, 3.8) is 0 Å². The van der Waals surface area contributed by atoms with E-state index in [2.05, 4.69) is 27.3 Å². The van der Waals surface area contributed by atoms with E-state index in [9.17, 15) is 4.39 Å². The van der Waals surface area contributed by atoms with E-state index in [1.54, 1.807) is 20.3 Å². The molecule has 0 aliphatic heterocycles.